The number of aldehydes is 1. The second-order valence-electron chi connectivity index (χ2n) is 3.58. The molecule has 0 aromatic heterocycles. The summed E-state index contributed by atoms with van der Waals surface area (Å²) in [5.41, 5.74) is 1.85. The van der Waals surface area contributed by atoms with Crippen molar-refractivity contribution in [1.82, 2.24) is 10.6 Å². The molecule has 1 heterocycles. The molecule has 0 amide bonds. The minimum atomic E-state index is -0.210. The molecule has 1 aromatic carbocycles. The van der Waals surface area contributed by atoms with Crippen molar-refractivity contribution in [2.75, 3.05) is 6.67 Å². The van der Waals surface area contributed by atoms with Gasteiger partial charge in [0.2, 0.25) is 0 Å². The summed E-state index contributed by atoms with van der Waals surface area (Å²) in [7, 11) is 0. The van der Waals surface area contributed by atoms with Gasteiger partial charge in [-0.3, -0.25) is 10.6 Å². The maximum Gasteiger partial charge on any atom is 0.138 e. The monoisotopic (exact) mass is 206 g/mol. The van der Waals surface area contributed by atoms with E-state index in [1.54, 1.807) is 0 Å². The van der Waals surface area contributed by atoms with Crippen LogP contribution in [0.25, 0.3) is 0 Å². The van der Waals surface area contributed by atoms with Crippen molar-refractivity contribution in [1.29, 1.82) is 0 Å². The zero-order valence-electron chi connectivity index (χ0n) is 8.31. The van der Waals surface area contributed by atoms with Crippen molar-refractivity contribution in [3.63, 3.8) is 0 Å². The predicted octanol–water partition coefficient (Wildman–Crippen LogP) is -0.0622. The van der Waals surface area contributed by atoms with E-state index in [0.717, 1.165) is 17.4 Å². The molecule has 0 bridgehead atoms. The maximum atomic E-state index is 10.8. The van der Waals surface area contributed by atoms with Crippen LogP contribution in [0.4, 0.5) is 0 Å². The van der Waals surface area contributed by atoms with E-state index in [4.69, 9.17) is 0 Å². The first-order chi connectivity index (χ1) is 7.36. The Kier molecular flexibility index (Phi) is 3.11. The molecule has 1 fully saturated rings. The molecule has 4 heteroatoms. The van der Waals surface area contributed by atoms with Crippen molar-refractivity contribution in [2.45, 2.75) is 18.7 Å². The van der Waals surface area contributed by atoms with Gasteiger partial charge in [-0.15, -0.1) is 0 Å². The second-order valence-corrected chi connectivity index (χ2v) is 3.58. The largest absolute Gasteiger partial charge is 0.392 e. The third-order valence-electron chi connectivity index (χ3n) is 2.73. The van der Waals surface area contributed by atoms with E-state index < -0.39 is 0 Å². The normalized spacial score (nSPS) is 25.4. The molecule has 4 nitrogen and oxygen atoms in total. The van der Waals surface area contributed by atoms with E-state index >= 15 is 0 Å². The van der Waals surface area contributed by atoms with E-state index in [1.165, 1.54) is 0 Å². The Morgan fingerprint density at radius 2 is 2.20 bits per heavy atom. The summed E-state index contributed by atoms with van der Waals surface area (Å²) in [5.74, 6) is 0. The Labute approximate surface area is 88.3 Å². The van der Waals surface area contributed by atoms with Crippen LogP contribution in [0, 0.1) is 0 Å². The molecule has 1 aliphatic heterocycles. The highest BCUT2D eigenvalue weighted by Crippen LogP contribution is 2.22. The van der Waals surface area contributed by atoms with Crippen LogP contribution in [0.3, 0.4) is 0 Å². The highest BCUT2D eigenvalue weighted by atomic mass is 16.3. The zero-order valence-corrected chi connectivity index (χ0v) is 8.31. The Morgan fingerprint density at radius 1 is 1.40 bits per heavy atom. The van der Waals surface area contributed by atoms with Crippen LogP contribution in [-0.4, -0.2) is 24.1 Å². The molecule has 1 saturated heterocycles. The minimum absolute atomic E-state index is 0.0000690. The van der Waals surface area contributed by atoms with Gasteiger partial charge in [-0.1, -0.05) is 24.3 Å². The molecule has 3 N–H and O–H groups in total. The highest BCUT2D eigenvalue weighted by Gasteiger charge is 2.28. The fraction of sp³-hybridized carbons (Fsp3) is 0.364. The molecular formula is C11H14N2O2. The van der Waals surface area contributed by atoms with Crippen LogP contribution in [0.2, 0.25) is 0 Å². The van der Waals surface area contributed by atoms with Gasteiger partial charge in [-0.2, -0.15) is 0 Å². The number of aliphatic hydroxyl groups excluding tert-OH is 1. The Hall–Kier alpha value is -1.23. The van der Waals surface area contributed by atoms with Gasteiger partial charge in [0.15, 0.2) is 0 Å². The Bertz CT molecular complexity index is 354. The lowest BCUT2D eigenvalue weighted by atomic mass is 9.97. The van der Waals surface area contributed by atoms with Crippen LogP contribution < -0.4 is 10.6 Å². The highest BCUT2D eigenvalue weighted by molar-refractivity contribution is 5.61. The SMILES string of the molecule is O=CC1NCNC1c1ccccc1CO. The molecule has 2 unspecified atom stereocenters. The van der Waals surface area contributed by atoms with Crippen LogP contribution in [0.15, 0.2) is 24.3 Å². The lowest BCUT2D eigenvalue weighted by Gasteiger charge is -2.17. The summed E-state index contributed by atoms with van der Waals surface area (Å²) in [6.45, 7) is 0.619. The van der Waals surface area contributed by atoms with Gasteiger partial charge in [-0.05, 0) is 11.1 Å². The molecule has 0 saturated carbocycles. The number of hydrogen-bond acceptors (Lipinski definition) is 4. The lowest BCUT2D eigenvalue weighted by molar-refractivity contribution is -0.109. The van der Waals surface area contributed by atoms with Crippen molar-refractivity contribution < 1.29 is 9.90 Å². The molecule has 0 aliphatic carbocycles. The number of aliphatic hydroxyl groups is 1. The first-order valence-electron chi connectivity index (χ1n) is 4.97. The van der Waals surface area contributed by atoms with Gasteiger partial charge in [-0.25, -0.2) is 0 Å². The summed E-state index contributed by atoms with van der Waals surface area (Å²) < 4.78 is 0. The van der Waals surface area contributed by atoms with Gasteiger partial charge in [0.25, 0.3) is 0 Å². The van der Waals surface area contributed by atoms with E-state index in [-0.39, 0.29) is 18.7 Å². The number of nitrogens with one attached hydrogen (secondary N) is 2. The molecule has 2 rings (SSSR count). The number of carbonyl (C=O) groups is 1. The fourth-order valence-electron chi connectivity index (χ4n) is 1.94. The number of rotatable bonds is 3. The van der Waals surface area contributed by atoms with Crippen molar-refractivity contribution in [3.8, 4) is 0 Å². The van der Waals surface area contributed by atoms with Gasteiger partial charge >= 0.3 is 0 Å². The third-order valence-corrected chi connectivity index (χ3v) is 2.73. The van der Waals surface area contributed by atoms with Crippen molar-refractivity contribution >= 4 is 6.29 Å². The van der Waals surface area contributed by atoms with Crippen LogP contribution in [0.1, 0.15) is 17.2 Å². The molecular weight excluding hydrogens is 192 g/mol. The first-order valence-corrected chi connectivity index (χ1v) is 4.97. The summed E-state index contributed by atoms with van der Waals surface area (Å²) in [5, 5.41) is 15.4. The summed E-state index contributed by atoms with van der Waals surface area (Å²) in [6.07, 6.45) is 0.902. The smallest absolute Gasteiger partial charge is 0.138 e. The van der Waals surface area contributed by atoms with E-state index in [1.807, 2.05) is 24.3 Å². The van der Waals surface area contributed by atoms with Gasteiger partial charge in [0.05, 0.1) is 18.7 Å². The Balaban J connectivity index is 2.31. The molecule has 2 atom stereocenters. The molecule has 1 aromatic rings. The van der Waals surface area contributed by atoms with Gasteiger partial charge in [0, 0.05) is 6.67 Å². The number of carbonyl (C=O) groups excluding carboxylic acids is 1. The fourth-order valence-corrected chi connectivity index (χ4v) is 1.94. The van der Waals surface area contributed by atoms with Crippen LogP contribution >= 0.6 is 0 Å². The minimum Gasteiger partial charge on any atom is -0.392 e. The number of benzene rings is 1. The van der Waals surface area contributed by atoms with Crippen molar-refractivity contribution in [3.05, 3.63) is 35.4 Å². The molecule has 80 valence electrons. The third kappa shape index (κ3) is 1.92. The quantitative estimate of drug-likeness (QED) is 0.606. The topological polar surface area (TPSA) is 61.4 Å². The zero-order chi connectivity index (χ0) is 10.7. The van der Waals surface area contributed by atoms with E-state index in [2.05, 4.69) is 10.6 Å². The molecule has 15 heavy (non-hydrogen) atoms. The lowest BCUT2D eigenvalue weighted by Crippen LogP contribution is -2.28. The first kappa shape index (κ1) is 10.3. The Morgan fingerprint density at radius 3 is 2.93 bits per heavy atom. The molecule has 0 spiro atoms. The average molecular weight is 206 g/mol. The molecule has 1 aliphatic rings. The van der Waals surface area contributed by atoms with Crippen molar-refractivity contribution in [2.24, 2.45) is 0 Å². The maximum absolute atomic E-state index is 10.8. The van der Waals surface area contributed by atoms with Crippen LogP contribution in [0.5, 0.6) is 0 Å². The summed E-state index contributed by atoms with van der Waals surface area (Å²) in [4.78, 5) is 10.8. The standard InChI is InChI=1S/C11H14N2O2/c14-5-8-3-1-2-4-9(8)11-10(6-15)12-7-13-11/h1-4,6,10-14H,5,7H2. The average Bonchev–Trinajstić information content (AvgIpc) is 2.76. The van der Waals surface area contributed by atoms with Gasteiger partial charge < -0.3 is 9.90 Å². The summed E-state index contributed by atoms with van der Waals surface area (Å²) in [6, 6.07) is 7.36. The van der Waals surface area contributed by atoms with E-state index in [9.17, 15) is 9.90 Å². The number of hydrogen-bond donors (Lipinski definition) is 3. The van der Waals surface area contributed by atoms with Crippen LogP contribution in [-0.2, 0) is 11.4 Å². The predicted molar refractivity (Wildman–Crippen MR) is 56.1 cm³/mol. The van der Waals surface area contributed by atoms with E-state index in [0.29, 0.717) is 6.67 Å². The van der Waals surface area contributed by atoms with Gasteiger partial charge in [0.1, 0.15) is 6.29 Å². The summed E-state index contributed by atoms with van der Waals surface area (Å²) >= 11 is 0. The molecule has 0 radical (unpaired) electrons. The second kappa shape index (κ2) is 4.53.